The minimum atomic E-state index is -0.426. The summed E-state index contributed by atoms with van der Waals surface area (Å²) in [5.74, 6) is 0. The highest BCUT2D eigenvalue weighted by molar-refractivity contribution is 4.60. The Labute approximate surface area is 30.0 Å². The van der Waals surface area contributed by atoms with Crippen LogP contribution in [-0.2, 0) is 0 Å². The third kappa shape index (κ3) is 1.74. The van der Waals surface area contributed by atoms with Crippen molar-refractivity contribution in [3.05, 3.63) is 12.6 Å². The summed E-state index contributed by atoms with van der Waals surface area (Å²) in [4.78, 5) is 0. The molecule has 4 heavy (non-hydrogen) atoms. The third-order valence-electron chi connectivity index (χ3n) is 0.204. The van der Waals surface area contributed by atoms with Gasteiger partial charge in [0, 0.05) is 1.37 Å². The Kier molecular flexibility index (Phi) is 0.856. The van der Waals surface area contributed by atoms with Crippen LogP contribution in [-0.4, -0.2) is 0 Å². The topological polar surface area (TPSA) is 0 Å². The fourth-order valence-corrected chi connectivity index (χ4v) is 0. The first-order chi connectivity index (χ1) is 2.64. The van der Waals surface area contributed by atoms with Crippen LogP contribution in [0.3, 0.4) is 0 Å². The molecule has 0 aromatic carbocycles. The minimum Gasteiger partial charge on any atom is -0.103 e. The first-order valence-corrected chi connectivity index (χ1v) is 1.22. The van der Waals surface area contributed by atoms with Crippen LogP contribution in [0.15, 0.2) is 12.6 Å². The van der Waals surface area contributed by atoms with Crippen LogP contribution >= 0.6 is 0 Å². The van der Waals surface area contributed by atoms with Gasteiger partial charge in [0.1, 0.15) is 0 Å². The van der Waals surface area contributed by atoms with E-state index in [1.54, 1.807) is 6.92 Å². The van der Waals surface area contributed by atoms with E-state index < -0.39 is 6.40 Å². The van der Waals surface area contributed by atoms with E-state index >= 15 is 0 Å². The van der Waals surface area contributed by atoms with Gasteiger partial charge in [-0.3, -0.25) is 0 Å². The molecule has 0 heteroatoms. The van der Waals surface area contributed by atoms with E-state index in [9.17, 15) is 0 Å². The molecule has 0 bridgehead atoms. The molecule has 0 nitrogen and oxygen atoms in total. The Bertz CT molecular complexity index is 56.6. The standard InChI is InChI=1S/C4H8/c1-3-4-2/h3H,1,4H2,2H3/i3D,4D. The molecule has 0 spiro atoms. The molecule has 1 unspecified atom stereocenters. The van der Waals surface area contributed by atoms with Gasteiger partial charge in [0.15, 0.2) is 0 Å². The van der Waals surface area contributed by atoms with Crippen LogP contribution in [0.2, 0.25) is 0 Å². The normalized spacial score (nSPS) is 21.2. The minimum absolute atomic E-state index is 0.176. The van der Waals surface area contributed by atoms with Crippen molar-refractivity contribution in [1.82, 2.24) is 0 Å². The lowest BCUT2D eigenvalue weighted by Gasteiger charge is -1.57. The predicted molar refractivity (Wildman–Crippen MR) is 20.5 cm³/mol. The summed E-state index contributed by atoms with van der Waals surface area (Å²) < 4.78 is 13.4. The number of hydrogen-bond acceptors (Lipinski definition) is 0. The summed E-state index contributed by atoms with van der Waals surface area (Å²) in [5.41, 5.74) is 0. The van der Waals surface area contributed by atoms with Gasteiger partial charge in [-0.05, 0) is 6.40 Å². The Morgan fingerprint density at radius 3 is 3.00 bits per heavy atom. The van der Waals surface area contributed by atoms with Crippen LogP contribution in [0, 0.1) is 0 Å². The lowest BCUT2D eigenvalue weighted by Crippen LogP contribution is -1.36. The Hall–Kier alpha value is -0.260. The maximum Gasteiger partial charge on any atom is 0.0569 e. The fraction of sp³-hybridized carbons (Fsp3) is 0.500. The van der Waals surface area contributed by atoms with E-state index in [-0.39, 0.29) is 6.05 Å². The van der Waals surface area contributed by atoms with Crippen molar-refractivity contribution in [2.24, 2.45) is 0 Å². The van der Waals surface area contributed by atoms with Crippen molar-refractivity contribution in [2.75, 3.05) is 0 Å². The fourth-order valence-electron chi connectivity index (χ4n) is 0. The van der Waals surface area contributed by atoms with Crippen molar-refractivity contribution < 1.29 is 2.74 Å². The first-order valence-electron chi connectivity index (χ1n) is 2.30. The second-order valence-electron chi connectivity index (χ2n) is 0.493. The molecule has 0 aliphatic heterocycles. The summed E-state index contributed by atoms with van der Waals surface area (Å²) in [7, 11) is 0. The summed E-state index contributed by atoms with van der Waals surface area (Å²) >= 11 is 0. The molecular formula is C4H8. The zero-order chi connectivity index (χ0) is 5.15. The number of rotatable bonds is 1. The smallest absolute Gasteiger partial charge is 0.0569 e. The molecule has 0 aromatic rings. The van der Waals surface area contributed by atoms with E-state index in [0.29, 0.717) is 0 Å². The molecule has 0 aliphatic rings. The van der Waals surface area contributed by atoms with Gasteiger partial charge in [0.25, 0.3) is 0 Å². The molecule has 0 aromatic heterocycles. The van der Waals surface area contributed by atoms with E-state index in [1.165, 1.54) is 0 Å². The average molecular weight is 58.1 g/mol. The Morgan fingerprint density at radius 1 is 2.75 bits per heavy atom. The zero-order valence-corrected chi connectivity index (χ0v) is 2.78. The van der Waals surface area contributed by atoms with Crippen LogP contribution in [0.4, 0.5) is 0 Å². The molecule has 0 fully saturated rings. The van der Waals surface area contributed by atoms with Gasteiger partial charge in [0.2, 0.25) is 0 Å². The van der Waals surface area contributed by atoms with Gasteiger partial charge in [-0.25, -0.2) is 0 Å². The predicted octanol–water partition coefficient (Wildman–Crippen LogP) is 1.58. The molecule has 24 valence electrons. The monoisotopic (exact) mass is 58.1 g/mol. The zero-order valence-electron chi connectivity index (χ0n) is 4.78. The lowest BCUT2D eigenvalue weighted by molar-refractivity contribution is 1.23. The number of allylic oxidation sites excluding steroid dienone is 1. The molecule has 0 rings (SSSR count). The molecule has 1 atom stereocenters. The van der Waals surface area contributed by atoms with Crippen LogP contribution in [0.5, 0.6) is 0 Å². The molecular weight excluding hydrogens is 48.0 g/mol. The summed E-state index contributed by atoms with van der Waals surface area (Å²) in [6.45, 7) is 4.85. The molecule has 0 N–H and O–H groups in total. The van der Waals surface area contributed by atoms with Crippen molar-refractivity contribution in [2.45, 2.75) is 13.3 Å². The SMILES string of the molecule is [2H]C(=C)C([2H])C. The Morgan fingerprint density at radius 2 is 3.00 bits per heavy atom. The highest BCUT2D eigenvalue weighted by Gasteiger charge is 1.45. The van der Waals surface area contributed by atoms with Crippen LogP contribution in [0.25, 0.3) is 0 Å². The highest BCUT2D eigenvalue weighted by Crippen LogP contribution is 1.66. The van der Waals surface area contributed by atoms with E-state index in [2.05, 4.69) is 6.58 Å². The van der Waals surface area contributed by atoms with Gasteiger partial charge in [-0.1, -0.05) is 13.0 Å². The quantitative estimate of drug-likeness (QED) is 0.401. The van der Waals surface area contributed by atoms with Crippen LogP contribution in [0.1, 0.15) is 16.1 Å². The van der Waals surface area contributed by atoms with Crippen molar-refractivity contribution >= 4 is 0 Å². The van der Waals surface area contributed by atoms with Gasteiger partial charge >= 0.3 is 0 Å². The third-order valence-corrected chi connectivity index (χ3v) is 0.204. The second-order valence-corrected chi connectivity index (χ2v) is 0.493. The van der Waals surface area contributed by atoms with Crippen molar-refractivity contribution in [1.29, 1.82) is 0 Å². The van der Waals surface area contributed by atoms with Crippen molar-refractivity contribution in [3.8, 4) is 0 Å². The molecule has 0 saturated carbocycles. The van der Waals surface area contributed by atoms with E-state index in [0.717, 1.165) is 0 Å². The molecule has 0 heterocycles. The average Bonchev–Trinajstić information content (AvgIpc) is 1.36. The molecule has 0 radical (unpaired) electrons. The van der Waals surface area contributed by atoms with Gasteiger partial charge in [0.05, 0.1) is 1.37 Å². The first kappa shape index (κ1) is 1.25. The lowest BCUT2D eigenvalue weighted by atomic mass is 10.5. The van der Waals surface area contributed by atoms with Gasteiger partial charge in [-0.15, -0.1) is 6.58 Å². The molecule has 0 saturated heterocycles. The summed E-state index contributed by atoms with van der Waals surface area (Å²) in [6, 6.07) is 0.176. The molecule has 0 aliphatic carbocycles. The Balaban J connectivity index is 3.26. The summed E-state index contributed by atoms with van der Waals surface area (Å²) in [6.07, 6.45) is -0.426. The van der Waals surface area contributed by atoms with Gasteiger partial charge < -0.3 is 0 Å². The maximum absolute atomic E-state index is 6.75. The van der Waals surface area contributed by atoms with Crippen molar-refractivity contribution in [3.63, 3.8) is 0 Å². The largest absolute Gasteiger partial charge is 0.103 e. The molecule has 0 amide bonds. The van der Waals surface area contributed by atoms with Crippen LogP contribution < -0.4 is 0 Å². The second kappa shape index (κ2) is 2.74. The highest BCUT2D eigenvalue weighted by atomic mass is 13.5. The van der Waals surface area contributed by atoms with Gasteiger partial charge in [-0.2, -0.15) is 0 Å². The van der Waals surface area contributed by atoms with E-state index in [4.69, 9.17) is 2.74 Å². The maximum atomic E-state index is 6.75. The van der Waals surface area contributed by atoms with E-state index in [1.807, 2.05) is 0 Å². The summed E-state index contributed by atoms with van der Waals surface area (Å²) in [5, 5.41) is 0. The number of hydrogen-bond donors (Lipinski definition) is 0.